The summed E-state index contributed by atoms with van der Waals surface area (Å²) < 4.78 is 39.3. The Morgan fingerprint density at radius 1 is 0.906 bits per heavy atom. The summed E-state index contributed by atoms with van der Waals surface area (Å²) in [6.07, 6.45) is -0.622. The Bertz CT molecular complexity index is 840. The molecular weight excluding hydrogens is 421 g/mol. The lowest BCUT2D eigenvalue weighted by molar-refractivity contribution is -0.137. The van der Waals surface area contributed by atoms with E-state index in [9.17, 15) is 22.8 Å². The smallest absolute Gasteiger partial charge is 0.339 e. The fraction of sp³-hybridized carbons (Fsp3) is 0.652. The summed E-state index contributed by atoms with van der Waals surface area (Å²) in [6.45, 7) is 7.17. The maximum atomic E-state index is 13.1. The van der Waals surface area contributed by atoms with Gasteiger partial charge >= 0.3 is 6.18 Å². The molecule has 9 heteroatoms. The zero-order chi connectivity index (χ0) is 22.9. The number of nitrogens with zero attached hydrogens (tertiary/aromatic N) is 4. The first-order valence-corrected chi connectivity index (χ1v) is 11.4. The molecule has 0 atom stereocenters. The van der Waals surface area contributed by atoms with Gasteiger partial charge in [0.05, 0.1) is 12.1 Å². The first-order valence-electron chi connectivity index (χ1n) is 11.4. The minimum Gasteiger partial charge on any atom is -0.339 e. The molecule has 6 nitrogen and oxygen atoms in total. The molecule has 0 aromatic heterocycles. The first-order chi connectivity index (χ1) is 15.2. The molecule has 0 radical (unpaired) electrons. The number of halogens is 3. The maximum Gasteiger partial charge on any atom is 0.416 e. The molecule has 32 heavy (non-hydrogen) atoms. The zero-order valence-corrected chi connectivity index (χ0v) is 18.5. The topological polar surface area (TPSA) is 47.1 Å². The van der Waals surface area contributed by atoms with E-state index >= 15 is 0 Å². The fourth-order valence-electron chi connectivity index (χ4n) is 4.74. The number of rotatable bonds is 4. The van der Waals surface area contributed by atoms with Gasteiger partial charge in [-0.05, 0) is 43.5 Å². The van der Waals surface area contributed by atoms with E-state index in [1.807, 2.05) is 9.80 Å². The Morgan fingerprint density at radius 3 is 2.09 bits per heavy atom. The number of piperazine rings is 2. The van der Waals surface area contributed by atoms with E-state index in [4.69, 9.17) is 0 Å². The molecular formula is C23H31F3N4O2. The minimum absolute atomic E-state index is 0.0613. The zero-order valence-electron chi connectivity index (χ0n) is 18.5. The first kappa shape index (κ1) is 23.0. The Balaban J connectivity index is 1.26. The van der Waals surface area contributed by atoms with Crippen molar-refractivity contribution in [3.63, 3.8) is 0 Å². The summed E-state index contributed by atoms with van der Waals surface area (Å²) in [7, 11) is 0. The van der Waals surface area contributed by atoms with Gasteiger partial charge in [-0.25, -0.2) is 0 Å². The molecule has 0 unspecified atom stereocenters. The van der Waals surface area contributed by atoms with Crippen LogP contribution in [0.5, 0.6) is 0 Å². The predicted molar refractivity (Wildman–Crippen MR) is 114 cm³/mol. The minimum atomic E-state index is -4.48. The van der Waals surface area contributed by atoms with Crippen LogP contribution in [0.4, 0.5) is 13.2 Å². The highest BCUT2D eigenvalue weighted by atomic mass is 19.4. The van der Waals surface area contributed by atoms with Crippen molar-refractivity contribution in [3.05, 3.63) is 34.9 Å². The average molecular weight is 453 g/mol. The molecule has 3 fully saturated rings. The third kappa shape index (κ3) is 5.26. The number of hydrogen-bond donors (Lipinski definition) is 0. The van der Waals surface area contributed by atoms with Crippen molar-refractivity contribution >= 4 is 11.8 Å². The summed E-state index contributed by atoms with van der Waals surface area (Å²) in [6, 6.07) is 4.18. The highest BCUT2D eigenvalue weighted by molar-refractivity contribution is 5.94. The monoisotopic (exact) mass is 452 g/mol. The molecule has 176 valence electrons. The van der Waals surface area contributed by atoms with Crippen LogP contribution in [-0.2, 0) is 11.0 Å². The summed E-state index contributed by atoms with van der Waals surface area (Å²) in [4.78, 5) is 33.5. The quantitative estimate of drug-likeness (QED) is 0.704. The number of carbonyl (C=O) groups excluding carboxylic acids is 2. The molecule has 1 saturated carbocycles. The lowest BCUT2D eigenvalue weighted by Gasteiger charge is -2.43. The normalized spacial score (nSPS) is 21.5. The van der Waals surface area contributed by atoms with E-state index in [-0.39, 0.29) is 11.5 Å². The molecule has 0 N–H and O–H groups in total. The molecule has 0 bridgehead atoms. The van der Waals surface area contributed by atoms with Gasteiger partial charge in [0.2, 0.25) is 5.91 Å². The largest absolute Gasteiger partial charge is 0.416 e. The van der Waals surface area contributed by atoms with Crippen LogP contribution in [0, 0.1) is 6.92 Å². The van der Waals surface area contributed by atoms with Crippen LogP contribution >= 0.6 is 0 Å². The molecule has 1 aromatic carbocycles. The van der Waals surface area contributed by atoms with Gasteiger partial charge in [-0.1, -0.05) is 6.42 Å². The Kier molecular flexibility index (Phi) is 6.76. The van der Waals surface area contributed by atoms with Crippen molar-refractivity contribution < 1.29 is 22.8 Å². The van der Waals surface area contributed by atoms with Gasteiger partial charge in [0, 0.05) is 64.0 Å². The number of carbonyl (C=O) groups is 2. The van der Waals surface area contributed by atoms with Crippen LogP contribution in [0.25, 0.3) is 0 Å². The van der Waals surface area contributed by atoms with Crippen molar-refractivity contribution in [2.75, 3.05) is 58.9 Å². The van der Waals surface area contributed by atoms with Crippen LogP contribution in [0.15, 0.2) is 18.2 Å². The highest BCUT2D eigenvalue weighted by Crippen LogP contribution is 2.31. The summed E-state index contributed by atoms with van der Waals surface area (Å²) >= 11 is 0. The summed E-state index contributed by atoms with van der Waals surface area (Å²) in [5, 5.41) is 0. The van der Waals surface area contributed by atoms with E-state index in [1.54, 1.807) is 11.8 Å². The van der Waals surface area contributed by atoms with Crippen LogP contribution < -0.4 is 0 Å². The molecule has 2 saturated heterocycles. The second kappa shape index (κ2) is 9.39. The van der Waals surface area contributed by atoms with Gasteiger partial charge in [-0.15, -0.1) is 0 Å². The lowest BCUT2D eigenvalue weighted by Crippen LogP contribution is -2.56. The molecule has 4 rings (SSSR count). The SMILES string of the molecule is Cc1cc(C(=O)N2CCN(CC(=O)N3CCN(C4CCC4)CC3)CC2)cc(C(F)(F)F)c1. The third-order valence-corrected chi connectivity index (χ3v) is 6.93. The summed E-state index contributed by atoms with van der Waals surface area (Å²) in [5.41, 5.74) is -0.335. The van der Waals surface area contributed by atoms with Crippen molar-refractivity contribution in [1.82, 2.24) is 19.6 Å². The van der Waals surface area contributed by atoms with Gasteiger partial charge < -0.3 is 9.80 Å². The number of aryl methyl sites for hydroxylation is 1. The van der Waals surface area contributed by atoms with Gasteiger partial charge in [0.25, 0.3) is 5.91 Å². The Hall–Kier alpha value is -2.13. The second-order valence-electron chi connectivity index (χ2n) is 9.16. The van der Waals surface area contributed by atoms with E-state index < -0.39 is 17.6 Å². The standard InChI is InChI=1S/C23H31F3N4O2/c1-17-13-18(15-19(14-17)23(24,25)26)22(32)30-7-5-27(6-8-30)16-21(31)29-11-9-28(10-12-29)20-3-2-4-20/h13-15,20H,2-12,16H2,1H3. The lowest BCUT2D eigenvalue weighted by atomic mass is 9.91. The molecule has 2 amide bonds. The average Bonchev–Trinajstić information content (AvgIpc) is 2.72. The molecule has 0 spiro atoms. The number of amides is 2. The van der Waals surface area contributed by atoms with Crippen molar-refractivity contribution in [2.24, 2.45) is 0 Å². The van der Waals surface area contributed by atoms with Gasteiger partial charge in [-0.2, -0.15) is 13.2 Å². The summed E-state index contributed by atoms with van der Waals surface area (Å²) in [5.74, 6) is -0.274. The Labute approximate surface area is 186 Å². The fourth-order valence-corrected chi connectivity index (χ4v) is 4.74. The number of hydrogen-bond acceptors (Lipinski definition) is 4. The maximum absolute atomic E-state index is 13.1. The van der Waals surface area contributed by atoms with Crippen molar-refractivity contribution in [1.29, 1.82) is 0 Å². The second-order valence-corrected chi connectivity index (χ2v) is 9.16. The van der Waals surface area contributed by atoms with Crippen molar-refractivity contribution in [2.45, 2.75) is 38.4 Å². The van der Waals surface area contributed by atoms with Gasteiger partial charge in [-0.3, -0.25) is 19.4 Å². The molecule has 2 aliphatic heterocycles. The van der Waals surface area contributed by atoms with Gasteiger partial charge in [0.15, 0.2) is 0 Å². The van der Waals surface area contributed by atoms with E-state index in [1.165, 1.54) is 25.3 Å². The molecule has 2 heterocycles. The van der Waals surface area contributed by atoms with Gasteiger partial charge in [0.1, 0.15) is 0 Å². The highest BCUT2D eigenvalue weighted by Gasteiger charge is 2.33. The van der Waals surface area contributed by atoms with E-state index in [2.05, 4.69) is 4.90 Å². The van der Waals surface area contributed by atoms with E-state index in [0.717, 1.165) is 38.3 Å². The molecule has 3 aliphatic rings. The number of alkyl halides is 3. The predicted octanol–water partition coefficient (Wildman–Crippen LogP) is 2.47. The van der Waals surface area contributed by atoms with Crippen molar-refractivity contribution in [3.8, 4) is 0 Å². The molecule has 1 aliphatic carbocycles. The Morgan fingerprint density at radius 2 is 1.53 bits per heavy atom. The van der Waals surface area contributed by atoms with Crippen LogP contribution in [0.3, 0.4) is 0 Å². The third-order valence-electron chi connectivity index (χ3n) is 6.93. The number of benzene rings is 1. The van der Waals surface area contributed by atoms with Crippen LogP contribution in [0.2, 0.25) is 0 Å². The van der Waals surface area contributed by atoms with E-state index in [0.29, 0.717) is 44.3 Å². The molecule has 1 aromatic rings. The van der Waals surface area contributed by atoms with Crippen LogP contribution in [0.1, 0.15) is 40.7 Å². The van der Waals surface area contributed by atoms with Crippen LogP contribution in [-0.4, -0.2) is 96.4 Å².